The first-order valence-corrected chi connectivity index (χ1v) is 6.91. The van der Waals surface area contributed by atoms with Crippen LogP contribution in [0.25, 0.3) is 0 Å². The molecule has 1 fully saturated rings. The zero-order valence-corrected chi connectivity index (χ0v) is 11.8. The summed E-state index contributed by atoms with van der Waals surface area (Å²) in [7, 11) is 0. The van der Waals surface area contributed by atoms with Gasteiger partial charge in [0, 0.05) is 12.1 Å². The van der Waals surface area contributed by atoms with Gasteiger partial charge in [-0.2, -0.15) is 0 Å². The first-order valence-electron chi connectivity index (χ1n) is 6.15. The summed E-state index contributed by atoms with van der Waals surface area (Å²) in [6.45, 7) is 0. The van der Waals surface area contributed by atoms with E-state index in [1.807, 2.05) is 0 Å². The average Bonchev–Trinajstić information content (AvgIpc) is 2.35. The van der Waals surface area contributed by atoms with E-state index in [4.69, 9.17) is 34.7 Å². The van der Waals surface area contributed by atoms with Crippen molar-refractivity contribution in [3.8, 4) is 0 Å². The molecule has 2 rings (SSSR count). The molecule has 0 atom stereocenters. The van der Waals surface area contributed by atoms with Crippen LogP contribution in [0.3, 0.4) is 0 Å². The largest absolute Gasteiger partial charge is 0.366 e. The number of primary amides is 1. The molecule has 0 saturated heterocycles. The van der Waals surface area contributed by atoms with Gasteiger partial charge in [-0.15, -0.1) is 0 Å². The van der Waals surface area contributed by atoms with Crippen LogP contribution in [0, 0.1) is 0 Å². The van der Waals surface area contributed by atoms with Gasteiger partial charge in [0.25, 0.3) is 5.91 Å². The van der Waals surface area contributed by atoms with Gasteiger partial charge in [-0.3, -0.25) is 4.79 Å². The Labute approximate surface area is 121 Å². The molecule has 1 aliphatic rings. The quantitative estimate of drug-likeness (QED) is 0.746. The van der Waals surface area contributed by atoms with Gasteiger partial charge < -0.3 is 16.8 Å². The summed E-state index contributed by atoms with van der Waals surface area (Å²) in [5, 5.41) is 3.64. The lowest BCUT2D eigenvalue weighted by Crippen LogP contribution is -2.33. The maximum atomic E-state index is 11.1. The van der Waals surface area contributed by atoms with Gasteiger partial charge >= 0.3 is 0 Å². The molecule has 0 radical (unpaired) electrons. The summed E-state index contributed by atoms with van der Waals surface area (Å²) < 4.78 is 0. The van der Waals surface area contributed by atoms with Crippen LogP contribution in [0.1, 0.15) is 36.0 Å². The number of nitrogens with zero attached hydrogens (tertiary/aromatic N) is 1. The van der Waals surface area contributed by atoms with Gasteiger partial charge in [0.1, 0.15) is 11.0 Å². The number of hydrogen-bond donors (Lipinski definition) is 3. The summed E-state index contributed by atoms with van der Waals surface area (Å²) in [5.41, 5.74) is 11.2. The Morgan fingerprint density at radius 2 is 1.95 bits per heavy atom. The lowest BCUT2D eigenvalue weighted by Gasteiger charge is -2.27. The van der Waals surface area contributed by atoms with E-state index in [-0.39, 0.29) is 22.8 Å². The molecule has 7 heteroatoms. The number of nitrogens with two attached hydrogens (primary N) is 2. The van der Waals surface area contributed by atoms with Crippen LogP contribution in [0.4, 0.5) is 5.82 Å². The molecule has 1 aliphatic carbocycles. The third-order valence-corrected chi connectivity index (χ3v) is 3.88. The Bertz CT molecular complexity index is 487. The lowest BCUT2D eigenvalue weighted by molar-refractivity contribution is 0.1000. The van der Waals surface area contributed by atoms with Crippen molar-refractivity contribution in [1.82, 2.24) is 4.98 Å². The number of aromatic nitrogens is 1. The van der Waals surface area contributed by atoms with Crippen molar-refractivity contribution in [3.05, 3.63) is 21.8 Å². The predicted octanol–water partition coefficient (Wildman–Crippen LogP) is 2.17. The van der Waals surface area contributed by atoms with Crippen molar-refractivity contribution in [2.24, 2.45) is 11.5 Å². The standard InChI is InChI=1S/C12H16Cl2N4O/c13-9-5-8(11(16)19)10(14)18-12(9)17-7-3-1-6(15)2-4-7/h5-7H,1-4,15H2,(H2,16,19)(H,17,18). The molecule has 0 aromatic carbocycles. The maximum Gasteiger partial charge on any atom is 0.251 e. The minimum atomic E-state index is -0.644. The molecule has 1 aromatic rings. The average molecular weight is 303 g/mol. The third kappa shape index (κ3) is 3.49. The van der Waals surface area contributed by atoms with Crippen molar-refractivity contribution in [2.75, 3.05) is 5.32 Å². The smallest absolute Gasteiger partial charge is 0.251 e. The Balaban J connectivity index is 2.13. The van der Waals surface area contributed by atoms with Gasteiger partial charge in [-0.1, -0.05) is 23.2 Å². The van der Waals surface area contributed by atoms with E-state index in [0.717, 1.165) is 25.7 Å². The predicted molar refractivity (Wildman–Crippen MR) is 76.6 cm³/mol. The van der Waals surface area contributed by atoms with Crippen LogP contribution in [-0.2, 0) is 0 Å². The molecule has 5 nitrogen and oxygen atoms in total. The van der Waals surface area contributed by atoms with Crippen molar-refractivity contribution < 1.29 is 4.79 Å². The zero-order valence-electron chi connectivity index (χ0n) is 10.3. The summed E-state index contributed by atoms with van der Waals surface area (Å²) in [5.74, 6) is -0.160. The highest BCUT2D eigenvalue weighted by Gasteiger charge is 2.20. The number of nitrogens with one attached hydrogen (secondary N) is 1. The van der Waals surface area contributed by atoms with E-state index in [0.29, 0.717) is 10.8 Å². The fraction of sp³-hybridized carbons (Fsp3) is 0.500. The molecule has 1 aromatic heterocycles. The number of amides is 1. The molecule has 0 unspecified atom stereocenters. The van der Waals surface area contributed by atoms with E-state index in [9.17, 15) is 4.79 Å². The fourth-order valence-corrected chi connectivity index (χ4v) is 2.64. The van der Waals surface area contributed by atoms with Gasteiger partial charge in [-0.05, 0) is 31.7 Å². The van der Waals surface area contributed by atoms with E-state index < -0.39 is 5.91 Å². The highest BCUT2D eigenvalue weighted by molar-refractivity contribution is 6.36. The second kappa shape index (κ2) is 5.94. The van der Waals surface area contributed by atoms with Crippen molar-refractivity contribution in [2.45, 2.75) is 37.8 Å². The second-order valence-electron chi connectivity index (χ2n) is 4.78. The molecule has 1 heterocycles. The van der Waals surface area contributed by atoms with Gasteiger partial charge in [0.05, 0.1) is 10.6 Å². The minimum Gasteiger partial charge on any atom is -0.366 e. The van der Waals surface area contributed by atoms with Crippen LogP contribution < -0.4 is 16.8 Å². The lowest BCUT2D eigenvalue weighted by atomic mass is 9.92. The first-order chi connectivity index (χ1) is 8.97. The Kier molecular flexibility index (Phi) is 4.50. The maximum absolute atomic E-state index is 11.1. The Hall–Kier alpha value is -1.04. The van der Waals surface area contributed by atoms with Crippen LogP contribution >= 0.6 is 23.2 Å². The molecular formula is C12H16Cl2N4O. The molecule has 1 saturated carbocycles. The normalized spacial score (nSPS) is 23.1. The third-order valence-electron chi connectivity index (χ3n) is 3.31. The monoisotopic (exact) mass is 302 g/mol. The van der Waals surface area contributed by atoms with E-state index in [1.54, 1.807) is 0 Å². The number of rotatable bonds is 3. The molecule has 0 aliphatic heterocycles. The molecule has 0 bridgehead atoms. The van der Waals surface area contributed by atoms with Crippen molar-refractivity contribution in [3.63, 3.8) is 0 Å². The summed E-state index contributed by atoms with van der Waals surface area (Å²) >= 11 is 12.0. The molecule has 104 valence electrons. The molecule has 0 spiro atoms. The number of hydrogen-bond acceptors (Lipinski definition) is 4. The number of pyridine rings is 1. The molecule has 1 amide bonds. The number of halogens is 2. The van der Waals surface area contributed by atoms with Crippen LogP contribution in [0.5, 0.6) is 0 Å². The molecule has 5 N–H and O–H groups in total. The molecular weight excluding hydrogens is 287 g/mol. The van der Waals surface area contributed by atoms with E-state index >= 15 is 0 Å². The van der Waals surface area contributed by atoms with Crippen molar-refractivity contribution >= 4 is 34.9 Å². The van der Waals surface area contributed by atoms with Gasteiger partial charge in [0.2, 0.25) is 0 Å². The van der Waals surface area contributed by atoms with Crippen LogP contribution in [0.15, 0.2) is 6.07 Å². The van der Waals surface area contributed by atoms with E-state index in [2.05, 4.69) is 10.3 Å². The SMILES string of the molecule is NC(=O)c1cc(Cl)c(NC2CCC(N)CC2)nc1Cl. The number of carbonyl (C=O) groups is 1. The summed E-state index contributed by atoms with van der Waals surface area (Å²) in [6, 6.07) is 2.00. The van der Waals surface area contributed by atoms with Gasteiger partial charge in [0.15, 0.2) is 0 Å². The number of carbonyl (C=O) groups excluding carboxylic acids is 1. The van der Waals surface area contributed by atoms with Crippen molar-refractivity contribution in [1.29, 1.82) is 0 Å². The fourth-order valence-electron chi connectivity index (χ4n) is 2.20. The minimum absolute atomic E-state index is 0.0620. The van der Waals surface area contributed by atoms with E-state index in [1.165, 1.54) is 6.07 Å². The highest BCUT2D eigenvalue weighted by atomic mass is 35.5. The highest BCUT2D eigenvalue weighted by Crippen LogP contribution is 2.28. The first kappa shape index (κ1) is 14.4. The summed E-state index contributed by atoms with van der Waals surface area (Å²) in [6.07, 6.45) is 3.88. The Morgan fingerprint density at radius 1 is 1.32 bits per heavy atom. The zero-order chi connectivity index (χ0) is 14.0. The topological polar surface area (TPSA) is 94.0 Å². The molecule has 19 heavy (non-hydrogen) atoms. The van der Waals surface area contributed by atoms with Crippen LogP contribution in [0.2, 0.25) is 10.2 Å². The number of anilines is 1. The summed E-state index contributed by atoms with van der Waals surface area (Å²) in [4.78, 5) is 15.2. The van der Waals surface area contributed by atoms with Gasteiger partial charge in [-0.25, -0.2) is 4.98 Å². The van der Waals surface area contributed by atoms with Crippen LogP contribution in [-0.4, -0.2) is 23.0 Å². The second-order valence-corrected chi connectivity index (χ2v) is 5.54. The Morgan fingerprint density at radius 3 is 2.53 bits per heavy atom.